The summed E-state index contributed by atoms with van der Waals surface area (Å²) in [5.74, 6) is -0.865. The zero-order valence-electron chi connectivity index (χ0n) is 15.1. The first-order chi connectivity index (χ1) is 13.0. The molecule has 0 aliphatic carbocycles. The topological polar surface area (TPSA) is 61.2 Å². The van der Waals surface area contributed by atoms with Gasteiger partial charge in [-0.05, 0) is 31.0 Å². The van der Waals surface area contributed by atoms with Crippen molar-refractivity contribution >= 4 is 34.7 Å². The fourth-order valence-corrected chi connectivity index (χ4v) is 3.82. The molecule has 1 aromatic carbocycles. The number of nitrogens with zero attached hydrogens (tertiary/aromatic N) is 2. The zero-order valence-corrected chi connectivity index (χ0v) is 16.6. The van der Waals surface area contributed by atoms with Crippen molar-refractivity contribution in [1.29, 1.82) is 0 Å². The Morgan fingerprint density at radius 1 is 1.19 bits per heavy atom. The van der Waals surface area contributed by atoms with Crippen LogP contribution in [-0.2, 0) is 17.7 Å². The summed E-state index contributed by atoms with van der Waals surface area (Å²) < 4.78 is 6.75. The number of halogens is 1. The lowest BCUT2D eigenvalue weighted by Gasteiger charge is -2.05. The van der Waals surface area contributed by atoms with E-state index in [1.807, 2.05) is 43.3 Å². The van der Waals surface area contributed by atoms with E-state index in [0.717, 1.165) is 16.9 Å². The molecule has 0 bridgehead atoms. The molecule has 5 nitrogen and oxygen atoms in total. The van der Waals surface area contributed by atoms with Crippen molar-refractivity contribution in [2.24, 2.45) is 0 Å². The third-order valence-electron chi connectivity index (χ3n) is 4.06. The summed E-state index contributed by atoms with van der Waals surface area (Å²) >= 11 is 7.76. The number of ketones is 1. The normalized spacial score (nSPS) is 10.8. The number of carbonyl (C=O) groups excluding carboxylic acids is 2. The van der Waals surface area contributed by atoms with Crippen LogP contribution in [0.1, 0.15) is 43.1 Å². The zero-order chi connectivity index (χ0) is 19.4. The van der Waals surface area contributed by atoms with Gasteiger partial charge in [0.2, 0.25) is 5.78 Å². The van der Waals surface area contributed by atoms with E-state index < -0.39 is 5.97 Å². The average Bonchev–Trinajstić information content (AvgIpc) is 3.25. The first-order valence-electron chi connectivity index (χ1n) is 8.55. The molecule has 27 heavy (non-hydrogen) atoms. The summed E-state index contributed by atoms with van der Waals surface area (Å²) in [6.07, 6.45) is 0.868. The second-order valence-corrected chi connectivity index (χ2v) is 7.54. The minimum absolute atomic E-state index is 0.195. The van der Waals surface area contributed by atoms with Crippen molar-refractivity contribution in [3.05, 3.63) is 74.2 Å². The van der Waals surface area contributed by atoms with Crippen molar-refractivity contribution in [2.45, 2.75) is 26.8 Å². The second-order valence-electron chi connectivity index (χ2n) is 6.01. The molecule has 2 heterocycles. The van der Waals surface area contributed by atoms with Crippen molar-refractivity contribution in [2.75, 3.05) is 6.61 Å². The first-order valence-corrected chi connectivity index (χ1v) is 9.75. The minimum Gasteiger partial charge on any atom is -0.454 e. The smallest absolute Gasteiger partial charge is 0.343 e. The molecule has 0 amide bonds. The van der Waals surface area contributed by atoms with Crippen molar-refractivity contribution in [3.8, 4) is 0 Å². The lowest BCUT2D eigenvalue weighted by Crippen LogP contribution is -2.14. The van der Waals surface area contributed by atoms with Gasteiger partial charge in [0.25, 0.3) is 0 Å². The van der Waals surface area contributed by atoms with Crippen LogP contribution in [-0.4, -0.2) is 28.1 Å². The molecule has 0 unspecified atom stereocenters. The van der Waals surface area contributed by atoms with E-state index in [1.54, 1.807) is 17.7 Å². The predicted molar refractivity (Wildman–Crippen MR) is 106 cm³/mol. The average molecular weight is 403 g/mol. The molecular weight excluding hydrogens is 384 g/mol. The minimum atomic E-state index is -0.641. The second kappa shape index (κ2) is 8.50. The van der Waals surface area contributed by atoms with Gasteiger partial charge in [0.15, 0.2) is 6.61 Å². The molecule has 0 saturated carbocycles. The van der Waals surface area contributed by atoms with E-state index >= 15 is 0 Å². The summed E-state index contributed by atoms with van der Waals surface area (Å²) in [5, 5.41) is 4.53. The summed E-state index contributed by atoms with van der Waals surface area (Å²) in [6, 6.07) is 13.4. The molecule has 140 valence electrons. The van der Waals surface area contributed by atoms with Crippen LogP contribution in [0.15, 0.2) is 42.5 Å². The van der Waals surface area contributed by atoms with E-state index in [0.29, 0.717) is 17.1 Å². The highest BCUT2D eigenvalue weighted by atomic mass is 35.5. The molecule has 0 atom stereocenters. The van der Waals surface area contributed by atoms with Crippen LogP contribution in [0.3, 0.4) is 0 Å². The number of hydrogen-bond acceptors (Lipinski definition) is 5. The van der Waals surface area contributed by atoms with E-state index in [1.165, 1.54) is 11.3 Å². The number of thiophene rings is 1. The molecule has 7 heteroatoms. The number of esters is 1. The predicted octanol–water partition coefficient (Wildman–Crippen LogP) is 4.56. The standard InChI is InChI=1S/C20H19ClN2O3S/c1-3-15-9-10-17(27-15)16(24)12-26-20(25)18-13(2)22-23(19(18)21)11-14-7-5-4-6-8-14/h4-10H,3,11-12H2,1-2H3. The molecule has 0 aliphatic rings. The molecule has 0 fully saturated rings. The van der Waals surface area contributed by atoms with Crippen LogP contribution in [0.25, 0.3) is 0 Å². The number of hydrogen-bond donors (Lipinski definition) is 0. The third-order valence-corrected chi connectivity index (χ3v) is 5.72. The van der Waals surface area contributed by atoms with E-state index in [4.69, 9.17) is 16.3 Å². The van der Waals surface area contributed by atoms with Crippen LogP contribution in [0.2, 0.25) is 5.15 Å². The first kappa shape index (κ1) is 19.3. The summed E-state index contributed by atoms with van der Waals surface area (Å²) in [7, 11) is 0. The van der Waals surface area contributed by atoms with Gasteiger partial charge >= 0.3 is 5.97 Å². The Kier molecular flexibility index (Phi) is 6.08. The van der Waals surface area contributed by atoms with Crippen molar-refractivity contribution in [3.63, 3.8) is 0 Å². The van der Waals surface area contributed by atoms with Crippen LogP contribution in [0, 0.1) is 6.92 Å². The van der Waals surface area contributed by atoms with Crippen LogP contribution >= 0.6 is 22.9 Å². The highest BCUT2D eigenvalue weighted by Crippen LogP contribution is 2.22. The highest BCUT2D eigenvalue weighted by molar-refractivity contribution is 7.14. The number of aryl methyl sites for hydroxylation is 2. The largest absolute Gasteiger partial charge is 0.454 e. The molecule has 3 rings (SSSR count). The highest BCUT2D eigenvalue weighted by Gasteiger charge is 2.23. The molecule has 0 aliphatic heterocycles. The molecule has 0 N–H and O–H groups in total. The van der Waals surface area contributed by atoms with E-state index in [-0.39, 0.29) is 23.1 Å². The Morgan fingerprint density at radius 3 is 2.59 bits per heavy atom. The van der Waals surface area contributed by atoms with Gasteiger partial charge in [0, 0.05) is 4.88 Å². The molecular formula is C20H19ClN2O3S. The molecule has 2 aromatic heterocycles. The SMILES string of the molecule is CCc1ccc(C(=O)COC(=O)c2c(C)nn(Cc3ccccc3)c2Cl)s1. The lowest BCUT2D eigenvalue weighted by atomic mass is 10.2. The quantitative estimate of drug-likeness (QED) is 0.429. The number of Topliss-reactive ketones (excluding diaryl/α,β-unsaturated/α-hetero) is 1. The Balaban J connectivity index is 1.68. The Bertz CT molecular complexity index is 963. The van der Waals surface area contributed by atoms with E-state index in [2.05, 4.69) is 5.10 Å². The third kappa shape index (κ3) is 4.46. The Morgan fingerprint density at radius 2 is 1.93 bits per heavy atom. The van der Waals surface area contributed by atoms with Crippen LogP contribution in [0.5, 0.6) is 0 Å². The van der Waals surface area contributed by atoms with Gasteiger partial charge < -0.3 is 4.74 Å². The van der Waals surface area contributed by atoms with E-state index in [9.17, 15) is 9.59 Å². The maximum atomic E-state index is 12.4. The van der Waals surface area contributed by atoms with Gasteiger partial charge in [-0.3, -0.25) is 4.79 Å². The fourth-order valence-electron chi connectivity index (χ4n) is 2.64. The monoisotopic (exact) mass is 402 g/mol. The molecule has 0 radical (unpaired) electrons. The molecule has 0 spiro atoms. The summed E-state index contributed by atoms with van der Waals surface area (Å²) in [4.78, 5) is 26.3. The molecule has 0 saturated heterocycles. The fraction of sp³-hybridized carbons (Fsp3) is 0.250. The van der Waals surface area contributed by atoms with Gasteiger partial charge in [-0.2, -0.15) is 5.10 Å². The lowest BCUT2D eigenvalue weighted by molar-refractivity contribution is 0.0475. The Hall–Kier alpha value is -2.44. The van der Waals surface area contributed by atoms with Crippen molar-refractivity contribution in [1.82, 2.24) is 9.78 Å². The maximum Gasteiger partial charge on any atom is 0.343 e. The number of carbonyl (C=O) groups is 2. The van der Waals surface area contributed by atoms with Gasteiger partial charge in [0.05, 0.1) is 17.1 Å². The van der Waals surface area contributed by atoms with Crippen molar-refractivity contribution < 1.29 is 14.3 Å². The maximum absolute atomic E-state index is 12.4. The van der Waals surface area contributed by atoms with Gasteiger partial charge in [-0.1, -0.05) is 48.9 Å². The number of benzene rings is 1. The van der Waals surface area contributed by atoms with Gasteiger partial charge in [-0.15, -0.1) is 11.3 Å². The number of aromatic nitrogens is 2. The Labute approximate surface area is 166 Å². The number of rotatable bonds is 7. The molecule has 3 aromatic rings. The summed E-state index contributed by atoms with van der Waals surface area (Å²) in [5.41, 5.74) is 1.68. The summed E-state index contributed by atoms with van der Waals surface area (Å²) in [6.45, 7) is 3.85. The van der Waals surface area contributed by atoms with Gasteiger partial charge in [0.1, 0.15) is 10.7 Å². The number of ether oxygens (including phenoxy) is 1. The van der Waals surface area contributed by atoms with Gasteiger partial charge in [-0.25, -0.2) is 9.48 Å². The van der Waals surface area contributed by atoms with Crippen LogP contribution < -0.4 is 0 Å². The van der Waals surface area contributed by atoms with Crippen LogP contribution in [0.4, 0.5) is 0 Å².